The van der Waals surface area contributed by atoms with Crippen molar-refractivity contribution in [2.75, 3.05) is 13.2 Å². The van der Waals surface area contributed by atoms with Crippen molar-refractivity contribution >= 4 is 0 Å². The number of nitrogens with one attached hydrogen (secondary N) is 1. The molecule has 1 aromatic carbocycles. The maximum Gasteiger partial charge on any atom is 0.138 e. The number of aliphatic hydroxyl groups is 1. The number of fused-ring (bicyclic) bond motifs is 1. The van der Waals surface area contributed by atoms with E-state index in [0.717, 1.165) is 30.8 Å². The second-order valence-electron chi connectivity index (χ2n) is 5.66. The van der Waals surface area contributed by atoms with Crippen molar-refractivity contribution in [3.63, 3.8) is 0 Å². The zero-order valence-corrected chi connectivity index (χ0v) is 12.6. The molecule has 1 aromatic heterocycles. The summed E-state index contributed by atoms with van der Waals surface area (Å²) in [5.74, 6) is 1.05. The molecule has 3 rings (SSSR count). The highest BCUT2D eigenvalue weighted by Crippen LogP contribution is 2.11. The van der Waals surface area contributed by atoms with Gasteiger partial charge in [0, 0.05) is 19.0 Å². The average molecular weight is 302 g/mol. The number of rotatable bonds is 7. The molecule has 0 bridgehead atoms. The number of hydrogen-bond acceptors (Lipinski definition) is 5. The lowest BCUT2D eigenvalue weighted by Crippen LogP contribution is -2.42. The Morgan fingerprint density at radius 2 is 2.23 bits per heavy atom. The van der Waals surface area contributed by atoms with Gasteiger partial charge in [0.1, 0.15) is 12.2 Å². The van der Waals surface area contributed by atoms with Gasteiger partial charge in [-0.15, -0.1) is 0 Å². The Labute approximate surface area is 130 Å². The lowest BCUT2D eigenvalue weighted by Gasteiger charge is -2.24. The Bertz CT molecular complexity index is 573. The van der Waals surface area contributed by atoms with E-state index in [-0.39, 0.29) is 0 Å². The van der Waals surface area contributed by atoms with Gasteiger partial charge in [-0.05, 0) is 12.0 Å². The predicted molar refractivity (Wildman–Crippen MR) is 82.2 cm³/mol. The van der Waals surface area contributed by atoms with E-state index in [0.29, 0.717) is 25.8 Å². The summed E-state index contributed by atoms with van der Waals surface area (Å²) in [4.78, 5) is 4.21. The molecule has 0 saturated heterocycles. The van der Waals surface area contributed by atoms with Gasteiger partial charge in [0.15, 0.2) is 0 Å². The Hall–Kier alpha value is -1.76. The fraction of sp³-hybridized carbons (Fsp3) is 0.500. The third kappa shape index (κ3) is 4.13. The number of ether oxygens (including phenoxy) is 1. The predicted octanol–water partition coefficient (Wildman–Crippen LogP) is 0.760. The highest BCUT2D eigenvalue weighted by atomic mass is 16.5. The normalized spacial score (nSPS) is 18.9. The van der Waals surface area contributed by atoms with E-state index < -0.39 is 6.10 Å². The molecule has 0 unspecified atom stereocenters. The van der Waals surface area contributed by atoms with Crippen LogP contribution >= 0.6 is 0 Å². The molecule has 0 spiro atoms. The van der Waals surface area contributed by atoms with Crippen LogP contribution in [0.5, 0.6) is 0 Å². The summed E-state index contributed by atoms with van der Waals surface area (Å²) in [6.07, 6.45) is 3.05. The second-order valence-corrected chi connectivity index (χ2v) is 5.66. The quantitative estimate of drug-likeness (QED) is 0.790. The van der Waals surface area contributed by atoms with Crippen LogP contribution in [-0.4, -0.2) is 45.2 Å². The van der Waals surface area contributed by atoms with Crippen molar-refractivity contribution in [2.24, 2.45) is 0 Å². The Morgan fingerprint density at radius 3 is 3.09 bits per heavy atom. The molecule has 0 amide bonds. The van der Waals surface area contributed by atoms with Gasteiger partial charge in [0.05, 0.1) is 25.9 Å². The first kappa shape index (κ1) is 15.1. The van der Waals surface area contributed by atoms with Crippen LogP contribution in [0.15, 0.2) is 36.7 Å². The minimum atomic E-state index is -0.499. The van der Waals surface area contributed by atoms with Crippen molar-refractivity contribution in [3.8, 4) is 0 Å². The van der Waals surface area contributed by atoms with E-state index in [2.05, 4.69) is 15.4 Å². The van der Waals surface area contributed by atoms with Crippen LogP contribution in [0.3, 0.4) is 0 Å². The van der Waals surface area contributed by atoms with Crippen molar-refractivity contribution in [3.05, 3.63) is 48.0 Å². The zero-order chi connectivity index (χ0) is 15.2. The monoisotopic (exact) mass is 302 g/mol. The zero-order valence-electron chi connectivity index (χ0n) is 12.6. The van der Waals surface area contributed by atoms with E-state index in [1.165, 1.54) is 0 Å². The van der Waals surface area contributed by atoms with Gasteiger partial charge >= 0.3 is 0 Å². The third-order valence-corrected chi connectivity index (χ3v) is 3.87. The molecule has 2 atom stereocenters. The van der Waals surface area contributed by atoms with E-state index in [1.807, 2.05) is 35.0 Å². The van der Waals surface area contributed by atoms with Crippen LogP contribution in [0.4, 0.5) is 0 Å². The highest BCUT2D eigenvalue weighted by Gasteiger charge is 2.19. The minimum Gasteiger partial charge on any atom is -0.389 e. The van der Waals surface area contributed by atoms with Gasteiger partial charge < -0.3 is 15.2 Å². The standard InChI is InChI=1S/C16H22N4O2/c21-15(11-22-10-13-4-2-1-3-5-13)8-17-14-6-7-16-18-12-19-20(16)9-14/h1-5,12,14-15,17,21H,6-11H2/t14-,15-/m0/s1. The topological polar surface area (TPSA) is 72.2 Å². The average Bonchev–Trinajstić information content (AvgIpc) is 3.01. The summed E-state index contributed by atoms with van der Waals surface area (Å²) in [6, 6.07) is 10.3. The molecule has 0 saturated carbocycles. The van der Waals surface area contributed by atoms with Gasteiger partial charge in [0.2, 0.25) is 0 Å². The smallest absolute Gasteiger partial charge is 0.138 e. The number of aliphatic hydroxyl groups excluding tert-OH is 1. The summed E-state index contributed by atoms with van der Waals surface area (Å²) >= 11 is 0. The first-order valence-corrected chi connectivity index (χ1v) is 7.71. The molecule has 22 heavy (non-hydrogen) atoms. The molecule has 2 heterocycles. The minimum absolute atomic E-state index is 0.331. The van der Waals surface area contributed by atoms with Gasteiger partial charge in [0.25, 0.3) is 0 Å². The highest BCUT2D eigenvalue weighted by molar-refractivity contribution is 5.13. The van der Waals surface area contributed by atoms with Gasteiger partial charge in [-0.3, -0.25) is 0 Å². The van der Waals surface area contributed by atoms with Crippen LogP contribution in [0.1, 0.15) is 17.8 Å². The van der Waals surface area contributed by atoms with Crippen LogP contribution in [0.25, 0.3) is 0 Å². The number of hydrogen-bond donors (Lipinski definition) is 2. The van der Waals surface area contributed by atoms with Gasteiger partial charge in [-0.2, -0.15) is 5.10 Å². The van der Waals surface area contributed by atoms with E-state index in [1.54, 1.807) is 6.33 Å². The molecule has 0 radical (unpaired) electrons. The van der Waals surface area contributed by atoms with E-state index in [9.17, 15) is 5.11 Å². The summed E-state index contributed by atoms with van der Waals surface area (Å²) in [5, 5.41) is 17.6. The SMILES string of the molecule is O[C@@H](CN[C@H]1CCc2ncnn2C1)COCc1ccccc1. The molecule has 0 fully saturated rings. The number of nitrogens with zero attached hydrogens (tertiary/aromatic N) is 3. The molecule has 0 aliphatic carbocycles. The van der Waals surface area contributed by atoms with Crippen LogP contribution in [0, 0.1) is 0 Å². The lowest BCUT2D eigenvalue weighted by molar-refractivity contribution is 0.0269. The molecule has 2 N–H and O–H groups in total. The number of benzene rings is 1. The summed E-state index contributed by atoms with van der Waals surface area (Å²) in [7, 11) is 0. The van der Waals surface area contributed by atoms with Crippen molar-refractivity contribution in [1.82, 2.24) is 20.1 Å². The van der Waals surface area contributed by atoms with Crippen LogP contribution < -0.4 is 5.32 Å². The molecular weight excluding hydrogens is 280 g/mol. The lowest BCUT2D eigenvalue weighted by atomic mass is 10.1. The summed E-state index contributed by atoms with van der Waals surface area (Å²) in [6.45, 7) is 2.21. The third-order valence-electron chi connectivity index (χ3n) is 3.87. The van der Waals surface area contributed by atoms with Crippen LogP contribution in [0.2, 0.25) is 0 Å². The maximum atomic E-state index is 9.99. The number of aryl methyl sites for hydroxylation is 1. The first-order valence-electron chi connectivity index (χ1n) is 7.71. The molecule has 6 heteroatoms. The Morgan fingerprint density at radius 1 is 1.36 bits per heavy atom. The fourth-order valence-corrected chi connectivity index (χ4v) is 2.65. The summed E-state index contributed by atoms with van der Waals surface area (Å²) in [5.41, 5.74) is 1.12. The Kier molecular flexibility index (Phi) is 5.15. The molecule has 2 aromatic rings. The first-order chi connectivity index (χ1) is 10.8. The largest absolute Gasteiger partial charge is 0.389 e. The van der Waals surface area contributed by atoms with Crippen molar-refractivity contribution in [1.29, 1.82) is 0 Å². The van der Waals surface area contributed by atoms with Crippen LogP contribution in [-0.2, 0) is 24.3 Å². The molecular formula is C16H22N4O2. The maximum absolute atomic E-state index is 9.99. The second kappa shape index (κ2) is 7.49. The number of aromatic nitrogens is 3. The molecule has 118 valence electrons. The van der Waals surface area contributed by atoms with E-state index in [4.69, 9.17) is 4.74 Å². The van der Waals surface area contributed by atoms with Crippen molar-refractivity contribution in [2.45, 2.75) is 38.1 Å². The van der Waals surface area contributed by atoms with E-state index >= 15 is 0 Å². The fourth-order valence-electron chi connectivity index (χ4n) is 2.65. The Balaban J connectivity index is 1.34. The van der Waals surface area contributed by atoms with Gasteiger partial charge in [-0.25, -0.2) is 9.67 Å². The van der Waals surface area contributed by atoms with Gasteiger partial charge in [-0.1, -0.05) is 30.3 Å². The van der Waals surface area contributed by atoms with Crippen molar-refractivity contribution < 1.29 is 9.84 Å². The molecule has 1 aliphatic rings. The molecule has 6 nitrogen and oxygen atoms in total. The summed E-state index contributed by atoms with van der Waals surface area (Å²) < 4.78 is 7.48. The molecule has 1 aliphatic heterocycles.